The molecule has 1 aromatic carbocycles. The van der Waals surface area contributed by atoms with Crippen molar-refractivity contribution in [3.63, 3.8) is 0 Å². The van der Waals surface area contributed by atoms with Gasteiger partial charge in [-0.1, -0.05) is 6.92 Å². The van der Waals surface area contributed by atoms with Crippen LogP contribution in [0, 0.1) is 29.1 Å². The van der Waals surface area contributed by atoms with Crippen LogP contribution in [0.25, 0.3) is 0 Å². The molecule has 0 saturated heterocycles. The van der Waals surface area contributed by atoms with Crippen LogP contribution in [0.3, 0.4) is 0 Å². The highest BCUT2D eigenvalue weighted by Crippen LogP contribution is 2.29. The Hall–Kier alpha value is -2.19. The zero-order valence-corrected chi connectivity index (χ0v) is 13.6. The molecule has 0 aliphatic heterocycles. The molecule has 1 aromatic rings. The van der Waals surface area contributed by atoms with Gasteiger partial charge in [-0.05, 0) is 19.8 Å². The van der Waals surface area contributed by atoms with Crippen molar-refractivity contribution in [2.45, 2.75) is 45.6 Å². The summed E-state index contributed by atoms with van der Waals surface area (Å²) in [5.74, 6) is -12.1. The van der Waals surface area contributed by atoms with Gasteiger partial charge in [-0.25, -0.2) is 22.0 Å². The van der Waals surface area contributed by atoms with Crippen molar-refractivity contribution >= 4 is 11.9 Å². The maximum absolute atomic E-state index is 13.6. The third-order valence-electron chi connectivity index (χ3n) is 3.19. The van der Waals surface area contributed by atoms with E-state index in [1.165, 1.54) is 0 Å². The molecule has 25 heavy (non-hydrogen) atoms. The molecule has 0 N–H and O–H groups in total. The summed E-state index contributed by atoms with van der Waals surface area (Å²) >= 11 is 0. The monoisotopic (exact) mass is 368 g/mol. The Balaban J connectivity index is 2.66. The quantitative estimate of drug-likeness (QED) is 0.300. The van der Waals surface area contributed by atoms with Crippen LogP contribution in [-0.4, -0.2) is 18.5 Å². The van der Waals surface area contributed by atoms with Gasteiger partial charge in [-0.15, -0.1) is 0 Å². The molecule has 4 nitrogen and oxygen atoms in total. The van der Waals surface area contributed by atoms with E-state index in [1.807, 2.05) is 6.92 Å². The first kappa shape index (κ1) is 20.9. The summed E-state index contributed by atoms with van der Waals surface area (Å²) in [7, 11) is 0. The molecule has 1 atom stereocenters. The SMILES string of the molecule is CCCOC(=O)CCCC(=O)OC(C)c1c(F)c(F)c(F)c(F)c1F. The number of hydrogen-bond acceptors (Lipinski definition) is 4. The van der Waals surface area contributed by atoms with Crippen LogP contribution < -0.4 is 0 Å². The molecule has 0 aliphatic carbocycles. The zero-order chi connectivity index (χ0) is 19.1. The summed E-state index contributed by atoms with van der Waals surface area (Å²) < 4.78 is 75.9. The molecule has 0 heterocycles. The molecule has 0 aliphatic rings. The van der Waals surface area contributed by atoms with Crippen molar-refractivity contribution in [1.29, 1.82) is 0 Å². The van der Waals surface area contributed by atoms with Crippen LogP contribution in [0.15, 0.2) is 0 Å². The van der Waals surface area contributed by atoms with E-state index in [1.54, 1.807) is 0 Å². The molecular formula is C16H17F5O4. The molecule has 9 heteroatoms. The lowest BCUT2D eigenvalue weighted by Gasteiger charge is -2.16. The van der Waals surface area contributed by atoms with E-state index < -0.39 is 52.7 Å². The normalized spacial score (nSPS) is 12.0. The zero-order valence-electron chi connectivity index (χ0n) is 13.6. The molecule has 0 spiro atoms. The van der Waals surface area contributed by atoms with Gasteiger partial charge in [0.2, 0.25) is 5.82 Å². The predicted octanol–water partition coefficient (Wildman–Crippen LogP) is 4.11. The van der Waals surface area contributed by atoms with Gasteiger partial charge in [-0.3, -0.25) is 9.59 Å². The number of ether oxygens (including phenoxy) is 2. The summed E-state index contributed by atoms with van der Waals surface area (Å²) in [6.45, 7) is 3.04. The van der Waals surface area contributed by atoms with Gasteiger partial charge in [-0.2, -0.15) is 0 Å². The predicted molar refractivity (Wildman–Crippen MR) is 75.8 cm³/mol. The minimum absolute atomic E-state index is 0.0607. The van der Waals surface area contributed by atoms with Crippen LogP contribution in [-0.2, 0) is 19.1 Å². The summed E-state index contributed by atoms with van der Waals surface area (Å²) in [6, 6.07) is 0. The fourth-order valence-corrected chi connectivity index (χ4v) is 1.96. The van der Waals surface area contributed by atoms with E-state index in [-0.39, 0.29) is 25.9 Å². The summed E-state index contributed by atoms with van der Waals surface area (Å²) in [5, 5.41) is 0. The van der Waals surface area contributed by atoms with E-state index in [9.17, 15) is 31.5 Å². The Morgan fingerprint density at radius 3 is 1.88 bits per heavy atom. The van der Waals surface area contributed by atoms with Crippen LogP contribution in [0.2, 0.25) is 0 Å². The lowest BCUT2D eigenvalue weighted by atomic mass is 10.1. The van der Waals surface area contributed by atoms with Gasteiger partial charge in [0.15, 0.2) is 23.3 Å². The van der Waals surface area contributed by atoms with Gasteiger partial charge in [0, 0.05) is 12.8 Å². The Kier molecular flexibility index (Phi) is 7.79. The fraction of sp³-hybridized carbons (Fsp3) is 0.500. The molecule has 0 bridgehead atoms. The molecule has 140 valence electrons. The Bertz CT molecular complexity index is 619. The van der Waals surface area contributed by atoms with Gasteiger partial charge < -0.3 is 9.47 Å². The van der Waals surface area contributed by atoms with Crippen molar-refractivity contribution < 1.29 is 41.0 Å². The Morgan fingerprint density at radius 1 is 0.880 bits per heavy atom. The highest BCUT2D eigenvalue weighted by molar-refractivity contribution is 5.72. The third-order valence-corrected chi connectivity index (χ3v) is 3.19. The fourth-order valence-electron chi connectivity index (χ4n) is 1.96. The number of benzene rings is 1. The lowest BCUT2D eigenvalue weighted by molar-refractivity contribution is -0.149. The Labute approximate surface area is 140 Å². The van der Waals surface area contributed by atoms with Crippen molar-refractivity contribution in [3.8, 4) is 0 Å². The first-order valence-corrected chi connectivity index (χ1v) is 7.57. The van der Waals surface area contributed by atoms with Crippen molar-refractivity contribution in [3.05, 3.63) is 34.6 Å². The Morgan fingerprint density at radius 2 is 1.36 bits per heavy atom. The number of carbonyl (C=O) groups is 2. The molecule has 0 radical (unpaired) electrons. The van der Waals surface area contributed by atoms with E-state index >= 15 is 0 Å². The van der Waals surface area contributed by atoms with Gasteiger partial charge >= 0.3 is 11.9 Å². The van der Waals surface area contributed by atoms with Crippen molar-refractivity contribution in [1.82, 2.24) is 0 Å². The standard InChI is InChI=1S/C16H17F5O4/c1-3-7-24-9(22)5-4-6-10(23)25-8(2)11-12(17)14(19)16(21)15(20)13(11)18/h8H,3-7H2,1-2H3. The number of carbonyl (C=O) groups excluding carboxylic acids is 2. The average molecular weight is 368 g/mol. The van der Waals surface area contributed by atoms with Crippen molar-refractivity contribution in [2.75, 3.05) is 6.61 Å². The lowest BCUT2D eigenvalue weighted by Crippen LogP contribution is -2.15. The highest BCUT2D eigenvalue weighted by Gasteiger charge is 2.30. The minimum atomic E-state index is -2.29. The molecular weight excluding hydrogens is 351 g/mol. The van der Waals surface area contributed by atoms with Crippen LogP contribution in [0.4, 0.5) is 22.0 Å². The van der Waals surface area contributed by atoms with Gasteiger partial charge in [0.25, 0.3) is 0 Å². The number of esters is 2. The maximum Gasteiger partial charge on any atom is 0.306 e. The summed E-state index contributed by atoms with van der Waals surface area (Å²) in [4.78, 5) is 22.8. The van der Waals surface area contributed by atoms with Crippen LogP contribution in [0.1, 0.15) is 51.2 Å². The number of rotatable bonds is 8. The van der Waals surface area contributed by atoms with E-state index in [4.69, 9.17) is 4.74 Å². The average Bonchev–Trinajstić information content (AvgIpc) is 2.56. The molecule has 0 fully saturated rings. The second-order valence-electron chi connectivity index (χ2n) is 5.19. The molecule has 0 amide bonds. The van der Waals surface area contributed by atoms with Gasteiger partial charge in [0.05, 0.1) is 12.2 Å². The first-order valence-electron chi connectivity index (χ1n) is 7.57. The smallest absolute Gasteiger partial charge is 0.306 e. The van der Waals surface area contributed by atoms with Crippen LogP contribution >= 0.6 is 0 Å². The second kappa shape index (κ2) is 9.33. The van der Waals surface area contributed by atoms with E-state index in [2.05, 4.69) is 4.74 Å². The molecule has 1 unspecified atom stereocenters. The first-order chi connectivity index (χ1) is 11.7. The van der Waals surface area contributed by atoms with Crippen molar-refractivity contribution in [2.24, 2.45) is 0 Å². The molecule has 1 rings (SSSR count). The van der Waals surface area contributed by atoms with Gasteiger partial charge in [0.1, 0.15) is 6.10 Å². The van der Waals surface area contributed by atoms with E-state index in [0.29, 0.717) is 6.42 Å². The minimum Gasteiger partial charge on any atom is -0.466 e. The number of halogens is 5. The largest absolute Gasteiger partial charge is 0.466 e. The summed E-state index contributed by atoms with van der Waals surface area (Å²) in [5.41, 5.74) is -1.23. The second-order valence-corrected chi connectivity index (χ2v) is 5.19. The maximum atomic E-state index is 13.6. The molecule has 0 aromatic heterocycles. The molecule has 0 saturated carbocycles. The van der Waals surface area contributed by atoms with E-state index in [0.717, 1.165) is 6.92 Å². The highest BCUT2D eigenvalue weighted by atomic mass is 19.2. The number of hydrogen-bond donors (Lipinski definition) is 0. The third kappa shape index (κ3) is 5.40. The topological polar surface area (TPSA) is 52.6 Å². The summed E-state index contributed by atoms with van der Waals surface area (Å²) in [6.07, 6.45) is -1.32. The van der Waals surface area contributed by atoms with Crippen LogP contribution in [0.5, 0.6) is 0 Å².